The van der Waals surface area contributed by atoms with E-state index < -0.39 is 12.1 Å². The van der Waals surface area contributed by atoms with Crippen LogP contribution < -0.4 is 10.9 Å². The van der Waals surface area contributed by atoms with Crippen LogP contribution in [0.3, 0.4) is 0 Å². The maximum absolute atomic E-state index is 13.4. The number of carbonyl (C=O) groups excluding carboxylic acids is 2. The number of ether oxygens (including phenoxy) is 2. The molecule has 0 aliphatic heterocycles. The number of esters is 1. The Morgan fingerprint density at radius 3 is 2.42 bits per heavy atom. The fourth-order valence-corrected chi connectivity index (χ4v) is 3.42. The van der Waals surface area contributed by atoms with Crippen molar-refractivity contribution in [3.8, 4) is 5.69 Å². The number of methoxy groups -OCH3 is 1. The highest BCUT2D eigenvalue weighted by molar-refractivity contribution is 5.93. The molecule has 8 nitrogen and oxygen atoms in total. The molecule has 0 radical (unpaired) electrons. The van der Waals surface area contributed by atoms with Gasteiger partial charge in [0.05, 0.1) is 35.8 Å². The summed E-state index contributed by atoms with van der Waals surface area (Å²) in [4.78, 5) is 42.6. The molecule has 0 fully saturated rings. The predicted molar refractivity (Wildman–Crippen MR) is 122 cm³/mol. The quantitative estimate of drug-likeness (QED) is 0.457. The summed E-state index contributed by atoms with van der Waals surface area (Å²) in [6.07, 6.45) is -0.658. The van der Waals surface area contributed by atoms with E-state index in [0.29, 0.717) is 16.6 Å². The lowest BCUT2D eigenvalue weighted by molar-refractivity contribution is 0.0600. The zero-order valence-electron chi connectivity index (χ0n) is 17.9. The van der Waals surface area contributed by atoms with Crippen molar-refractivity contribution in [3.05, 3.63) is 106 Å². The molecule has 8 heteroatoms. The Morgan fingerprint density at radius 1 is 0.939 bits per heavy atom. The summed E-state index contributed by atoms with van der Waals surface area (Å²) in [5, 5.41) is 3.02. The molecule has 0 bridgehead atoms. The van der Waals surface area contributed by atoms with Gasteiger partial charge in [0.15, 0.2) is 0 Å². The van der Waals surface area contributed by atoms with Crippen LogP contribution in [0, 0.1) is 0 Å². The summed E-state index contributed by atoms with van der Waals surface area (Å²) in [7, 11) is 1.27. The van der Waals surface area contributed by atoms with E-state index in [0.717, 1.165) is 5.56 Å². The molecule has 1 heterocycles. The van der Waals surface area contributed by atoms with E-state index in [1.165, 1.54) is 11.7 Å². The number of hydrogen-bond donors (Lipinski definition) is 1. The van der Waals surface area contributed by atoms with E-state index in [-0.39, 0.29) is 30.1 Å². The van der Waals surface area contributed by atoms with Gasteiger partial charge in [-0.3, -0.25) is 9.36 Å². The monoisotopic (exact) mass is 443 g/mol. The lowest BCUT2D eigenvalue weighted by Gasteiger charge is -2.16. The first-order valence-electron chi connectivity index (χ1n) is 10.2. The summed E-state index contributed by atoms with van der Waals surface area (Å²) in [6.45, 7) is 0.0129. The molecule has 0 saturated carbocycles. The number of benzene rings is 3. The first-order valence-corrected chi connectivity index (χ1v) is 10.2. The second-order valence-electron chi connectivity index (χ2n) is 7.11. The molecule has 0 atom stereocenters. The number of nitrogens with one attached hydrogen (secondary N) is 1. The zero-order chi connectivity index (χ0) is 23.2. The van der Waals surface area contributed by atoms with Gasteiger partial charge in [-0.15, -0.1) is 0 Å². The average Bonchev–Trinajstić information content (AvgIpc) is 2.86. The molecule has 0 unspecified atom stereocenters. The number of para-hydroxylation sites is 2. The summed E-state index contributed by atoms with van der Waals surface area (Å²) < 4.78 is 11.4. The number of hydrogen-bond acceptors (Lipinski definition) is 6. The third-order valence-electron chi connectivity index (χ3n) is 5.00. The molecule has 1 N–H and O–H groups in total. The van der Waals surface area contributed by atoms with Crippen LogP contribution in [0.5, 0.6) is 0 Å². The molecule has 3 aromatic carbocycles. The molecule has 0 spiro atoms. The molecule has 0 saturated heterocycles. The second kappa shape index (κ2) is 9.78. The molecule has 4 aromatic rings. The van der Waals surface area contributed by atoms with Crippen LogP contribution in [0.1, 0.15) is 21.7 Å². The highest BCUT2D eigenvalue weighted by atomic mass is 16.5. The van der Waals surface area contributed by atoms with Crippen molar-refractivity contribution in [3.63, 3.8) is 0 Å². The van der Waals surface area contributed by atoms with E-state index in [2.05, 4.69) is 10.3 Å². The number of rotatable bonds is 6. The van der Waals surface area contributed by atoms with Crippen molar-refractivity contribution in [2.45, 2.75) is 13.2 Å². The molecule has 1 aromatic heterocycles. The molecule has 166 valence electrons. The Hall–Kier alpha value is -4.46. The molecule has 4 rings (SSSR count). The summed E-state index contributed by atoms with van der Waals surface area (Å²) in [5.41, 5.74) is 1.46. The molecular weight excluding hydrogens is 422 g/mol. The highest BCUT2D eigenvalue weighted by Crippen LogP contribution is 2.18. The summed E-state index contributed by atoms with van der Waals surface area (Å²) in [6, 6.07) is 22.7. The first kappa shape index (κ1) is 21.8. The smallest absolute Gasteiger partial charge is 0.407 e. The Balaban J connectivity index is 1.69. The largest absolute Gasteiger partial charge is 0.465 e. The van der Waals surface area contributed by atoms with Crippen LogP contribution in [-0.2, 0) is 22.6 Å². The van der Waals surface area contributed by atoms with Crippen molar-refractivity contribution in [1.82, 2.24) is 14.9 Å². The van der Waals surface area contributed by atoms with Crippen molar-refractivity contribution >= 4 is 23.0 Å². The SMILES string of the molecule is COC(=O)c1ccccc1-n1c(CNC(=O)OCc2ccccc2)nc2ccccc2c1=O. The van der Waals surface area contributed by atoms with E-state index in [1.807, 2.05) is 30.3 Å². The number of aromatic nitrogens is 2. The van der Waals surface area contributed by atoms with Crippen LogP contribution in [0.15, 0.2) is 83.7 Å². The topological polar surface area (TPSA) is 99.5 Å². The van der Waals surface area contributed by atoms with Crippen molar-refractivity contribution in [1.29, 1.82) is 0 Å². The minimum absolute atomic E-state index is 0.0940. The lowest BCUT2D eigenvalue weighted by atomic mass is 10.1. The van der Waals surface area contributed by atoms with E-state index in [9.17, 15) is 14.4 Å². The van der Waals surface area contributed by atoms with E-state index in [1.54, 1.807) is 48.5 Å². The third-order valence-corrected chi connectivity index (χ3v) is 5.00. The van der Waals surface area contributed by atoms with E-state index in [4.69, 9.17) is 9.47 Å². The van der Waals surface area contributed by atoms with Crippen LogP contribution in [-0.4, -0.2) is 28.7 Å². The highest BCUT2D eigenvalue weighted by Gasteiger charge is 2.19. The van der Waals surface area contributed by atoms with Gasteiger partial charge in [0.2, 0.25) is 0 Å². The maximum atomic E-state index is 13.4. The van der Waals surface area contributed by atoms with Gasteiger partial charge in [0.25, 0.3) is 5.56 Å². The van der Waals surface area contributed by atoms with Crippen molar-refractivity contribution in [2.75, 3.05) is 7.11 Å². The lowest BCUT2D eigenvalue weighted by Crippen LogP contribution is -2.31. The minimum Gasteiger partial charge on any atom is -0.465 e. The van der Waals surface area contributed by atoms with Gasteiger partial charge in [-0.2, -0.15) is 0 Å². The van der Waals surface area contributed by atoms with E-state index >= 15 is 0 Å². The molecule has 1 amide bonds. The first-order chi connectivity index (χ1) is 16.1. The van der Waals surface area contributed by atoms with Gasteiger partial charge in [0, 0.05) is 0 Å². The average molecular weight is 443 g/mol. The van der Waals surface area contributed by atoms with Crippen molar-refractivity contribution < 1.29 is 19.1 Å². The fourth-order valence-electron chi connectivity index (χ4n) is 3.42. The Bertz CT molecular complexity index is 1370. The predicted octanol–water partition coefficient (Wildman–Crippen LogP) is 3.60. The van der Waals surface area contributed by atoms with Gasteiger partial charge in [-0.1, -0.05) is 54.6 Å². The Morgan fingerprint density at radius 2 is 1.64 bits per heavy atom. The van der Waals surface area contributed by atoms with Crippen LogP contribution >= 0.6 is 0 Å². The molecule has 0 aliphatic rings. The van der Waals surface area contributed by atoms with Crippen LogP contribution in [0.25, 0.3) is 16.6 Å². The van der Waals surface area contributed by atoms with Crippen LogP contribution in [0.2, 0.25) is 0 Å². The Labute approximate surface area is 189 Å². The standard InChI is InChI=1S/C25H21N3O5/c1-32-24(30)19-12-6-8-14-21(19)28-22(27-20-13-7-5-11-18(20)23(28)29)15-26-25(31)33-16-17-9-3-2-4-10-17/h2-14H,15-16H2,1H3,(H,26,31). The van der Waals surface area contributed by atoms with Gasteiger partial charge in [-0.25, -0.2) is 14.6 Å². The summed E-state index contributed by atoms with van der Waals surface area (Å²) >= 11 is 0. The van der Waals surface area contributed by atoms with Crippen LogP contribution in [0.4, 0.5) is 4.79 Å². The van der Waals surface area contributed by atoms with Crippen molar-refractivity contribution in [2.24, 2.45) is 0 Å². The van der Waals surface area contributed by atoms with Gasteiger partial charge >= 0.3 is 12.1 Å². The maximum Gasteiger partial charge on any atom is 0.407 e. The minimum atomic E-state index is -0.658. The van der Waals surface area contributed by atoms with Gasteiger partial charge in [-0.05, 0) is 29.8 Å². The number of amides is 1. The number of carbonyl (C=O) groups is 2. The number of fused-ring (bicyclic) bond motifs is 1. The second-order valence-corrected chi connectivity index (χ2v) is 7.11. The molecular formula is C25H21N3O5. The number of nitrogens with zero attached hydrogens (tertiary/aromatic N) is 2. The molecule has 33 heavy (non-hydrogen) atoms. The third kappa shape index (κ3) is 4.74. The normalized spacial score (nSPS) is 10.6. The van der Waals surface area contributed by atoms with Gasteiger partial charge < -0.3 is 14.8 Å². The Kier molecular flexibility index (Phi) is 6.45. The fraction of sp³-hybridized carbons (Fsp3) is 0.120. The zero-order valence-corrected chi connectivity index (χ0v) is 17.9. The summed E-state index contributed by atoms with van der Waals surface area (Å²) in [5.74, 6) is -0.349. The van der Waals surface area contributed by atoms with Gasteiger partial charge in [0.1, 0.15) is 12.4 Å². The number of alkyl carbamates (subject to hydrolysis) is 1. The molecule has 0 aliphatic carbocycles.